The summed E-state index contributed by atoms with van der Waals surface area (Å²) < 4.78 is 11.8. The third-order valence-corrected chi connectivity index (χ3v) is 4.12. The van der Waals surface area contributed by atoms with Gasteiger partial charge in [0.2, 0.25) is 6.79 Å². The second kappa shape index (κ2) is 5.20. The van der Waals surface area contributed by atoms with Gasteiger partial charge in [0.05, 0.1) is 6.21 Å². The quantitative estimate of drug-likeness (QED) is 0.572. The molecule has 0 saturated heterocycles. The third-order valence-electron chi connectivity index (χ3n) is 4.12. The van der Waals surface area contributed by atoms with E-state index in [0.29, 0.717) is 22.5 Å². The number of benzene rings is 2. The van der Waals surface area contributed by atoms with Crippen LogP contribution in [0, 0.1) is 0 Å². The molecule has 0 fully saturated rings. The summed E-state index contributed by atoms with van der Waals surface area (Å²) in [6, 6.07) is 13.1. The van der Waals surface area contributed by atoms with Crippen LogP contribution >= 0.6 is 0 Å². The molecule has 7 nitrogen and oxygen atoms in total. The number of para-hydroxylation sites is 1. The highest BCUT2D eigenvalue weighted by molar-refractivity contribution is 6.04. The molecule has 0 unspecified atom stereocenters. The predicted octanol–water partition coefficient (Wildman–Crippen LogP) is 2.49. The highest BCUT2D eigenvalue weighted by Crippen LogP contribution is 2.32. The fourth-order valence-corrected chi connectivity index (χ4v) is 2.90. The predicted molar refractivity (Wildman–Crippen MR) is 93.4 cm³/mol. The van der Waals surface area contributed by atoms with E-state index < -0.39 is 0 Å². The van der Waals surface area contributed by atoms with Gasteiger partial charge in [0.15, 0.2) is 11.5 Å². The van der Waals surface area contributed by atoms with Crippen LogP contribution in [0.25, 0.3) is 21.9 Å². The Labute approximate surface area is 141 Å². The molecular formula is C18H12N4O3. The summed E-state index contributed by atoms with van der Waals surface area (Å²) in [5.41, 5.74) is 2.51. The Kier molecular flexibility index (Phi) is 2.87. The number of hydrogen-bond acceptors (Lipinski definition) is 5. The lowest BCUT2D eigenvalue weighted by Crippen LogP contribution is -2.17. The number of nitrogens with one attached hydrogen (secondary N) is 1. The number of aromatic amines is 1. The normalized spacial score (nSPS) is 13.3. The SMILES string of the molecule is O=c1c2[nH]c3ccccc3c2ncn1/N=C/c1ccc2c(c1)OCO2. The van der Waals surface area contributed by atoms with Gasteiger partial charge in [-0.15, -0.1) is 0 Å². The summed E-state index contributed by atoms with van der Waals surface area (Å²) in [5.74, 6) is 1.37. The Morgan fingerprint density at radius 1 is 1.16 bits per heavy atom. The van der Waals surface area contributed by atoms with E-state index in [-0.39, 0.29) is 12.4 Å². The van der Waals surface area contributed by atoms with Gasteiger partial charge < -0.3 is 14.5 Å². The minimum Gasteiger partial charge on any atom is -0.454 e. The van der Waals surface area contributed by atoms with Gasteiger partial charge >= 0.3 is 0 Å². The van der Waals surface area contributed by atoms with E-state index in [9.17, 15) is 4.79 Å². The molecule has 0 spiro atoms. The lowest BCUT2D eigenvalue weighted by atomic mass is 10.2. The number of hydrogen-bond donors (Lipinski definition) is 1. The van der Waals surface area contributed by atoms with Crippen LogP contribution in [0.2, 0.25) is 0 Å². The van der Waals surface area contributed by atoms with Gasteiger partial charge in [0.1, 0.15) is 17.4 Å². The van der Waals surface area contributed by atoms with Crippen molar-refractivity contribution in [3.63, 3.8) is 0 Å². The largest absolute Gasteiger partial charge is 0.454 e. The van der Waals surface area contributed by atoms with Crippen LogP contribution in [0.15, 0.2) is 58.7 Å². The lowest BCUT2D eigenvalue weighted by Gasteiger charge is -1.99. The first-order valence-electron chi connectivity index (χ1n) is 7.72. The minimum absolute atomic E-state index is 0.219. The highest BCUT2D eigenvalue weighted by Gasteiger charge is 2.13. The fourth-order valence-electron chi connectivity index (χ4n) is 2.90. The van der Waals surface area contributed by atoms with Gasteiger partial charge in [0, 0.05) is 10.9 Å². The van der Waals surface area contributed by atoms with Crippen LogP contribution < -0.4 is 15.0 Å². The maximum absolute atomic E-state index is 12.6. The first-order valence-corrected chi connectivity index (χ1v) is 7.72. The second-order valence-corrected chi connectivity index (χ2v) is 5.65. The molecule has 3 heterocycles. The van der Waals surface area contributed by atoms with Gasteiger partial charge in [-0.05, 0) is 29.8 Å². The van der Waals surface area contributed by atoms with Crippen molar-refractivity contribution in [3.8, 4) is 11.5 Å². The summed E-state index contributed by atoms with van der Waals surface area (Å²) in [7, 11) is 0. The van der Waals surface area contributed by atoms with Crippen molar-refractivity contribution in [2.24, 2.45) is 5.10 Å². The summed E-state index contributed by atoms with van der Waals surface area (Å²) in [4.78, 5) is 20.1. The average Bonchev–Trinajstić information content (AvgIpc) is 3.25. The Hall–Kier alpha value is -3.61. The maximum atomic E-state index is 12.6. The molecule has 1 aliphatic heterocycles. The molecular weight excluding hydrogens is 320 g/mol. The molecule has 25 heavy (non-hydrogen) atoms. The van der Waals surface area contributed by atoms with Gasteiger partial charge in [-0.25, -0.2) is 4.98 Å². The van der Waals surface area contributed by atoms with E-state index in [0.717, 1.165) is 16.5 Å². The van der Waals surface area contributed by atoms with Gasteiger partial charge in [-0.2, -0.15) is 9.78 Å². The summed E-state index contributed by atoms with van der Waals surface area (Å²) in [6.45, 7) is 0.219. The van der Waals surface area contributed by atoms with E-state index in [1.54, 1.807) is 6.21 Å². The van der Waals surface area contributed by atoms with Crippen molar-refractivity contribution < 1.29 is 9.47 Å². The molecule has 0 saturated carbocycles. The zero-order chi connectivity index (χ0) is 16.8. The molecule has 5 rings (SSSR count). The molecule has 0 amide bonds. The number of rotatable bonds is 2. The van der Waals surface area contributed by atoms with Crippen LogP contribution in [0.3, 0.4) is 0 Å². The topological polar surface area (TPSA) is 81.5 Å². The average molecular weight is 332 g/mol. The summed E-state index contributed by atoms with van der Waals surface area (Å²) in [6.07, 6.45) is 3.01. The molecule has 0 atom stereocenters. The first kappa shape index (κ1) is 13.8. The zero-order valence-corrected chi connectivity index (χ0v) is 13.0. The van der Waals surface area contributed by atoms with Crippen molar-refractivity contribution >= 4 is 28.2 Å². The standard InChI is InChI=1S/C18H12N4O3/c23-18-17-16(12-3-1-2-4-13(12)21-17)19-9-22(18)20-8-11-5-6-14-15(7-11)25-10-24-14/h1-9,21H,10H2/b20-8+. The van der Waals surface area contributed by atoms with E-state index in [1.807, 2.05) is 42.5 Å². The fraction of sp³-hybridized carbons (Fsp3) is 0.0556. The Bertz CT molecular complexity index is 1210. The number of ether oxygens (including phenoxy) is 2. The van der Waals surface area contributed by atoms with Gasteiger partial charge in [-0.1, -0.05) is 18.2 Å². The second-order valence-electron chi connectivity index (χ2n) is 5.65. The van der Waals surface area contributed by atoms with Crippen molar-refractivity contribution in [1.82, 2.24) is 14.6 Å². The van der Waals surface area contributed by atoms with Gasteiger partial charge in [-0.3, -0.25) is 4.79 Å². The number of fused-ring (bicyclic) bond motifs is 4. The van der Waals surface area contributed by atoms with Crippen molar-refractivity contribution in [3.05, 3.63) is 64.7 Å². The van der Waals surface area contributed by atoms with E-state index in [1.165, 1.54) is 11.0 Å². The van der Waals surface area contributed by atoms with E-state index >= 15 is 0 Å². The van der Waals surface area contributed by atoms with Crippen molar-refractivity contribution in [2.45, 2.75) is 0 Å². The van der Waals surface area contributed by atoms with Gasteiger partial charge in [0.25, 0.3) is 5.56 Å². The third kappa shape index (κ3) is 2.17. The van der Waals surface area contributed by atoms with Crippen molar-refractivity contribution in [2.75, 3.05) is 6.79 Å². The van der Waals surface area contributed by atoms with Crippen LogP contribution in [0.1, 0.15) is 5.56 Å². The molecule has 4 aromatic rings. The summed E-state index contributed by atoms with van der Waals surface area (Å²) >= 11 is 0. The highest BCUT2D eigenvalue weighted by atomic mass is 16.7. The molecule has 1 aliphatic rings. The molecule has 0 radical (unpaired) electrons. The molecule has 7 heteroatoms. The lowest BCUT2D eigenvalue weighted by molar-refractivity contribution is 0.174. The van der Waals surface area contributed by atoms with Crippen LogP contribution in [0.4, 0.5) is 0 Å². The smallest absolute Gasteiger partial charge is 0.298 e. The number of aromatic nitrogens is 3. The zero-order valence-electron chi connectivity index (χ0n) is 13.0. The Morgan fingerprint density at radius 2 is 2.04 bits per heavy atom. The molecule has 0 aliphatic carbocycles. The Balaban J connectivity index is 1.58. The molecule has 2 aromatic heterocycles. The number of H-pyrrole nitrogens is 1. The molecule has 2 aromatic carbocycles. The van der Waals surface area contributed by atoms with Crippen LogP contribution in [-0.4, -0.2) is 27.7 Å². The Morgan fingerprint density at radius 3 is 3.00 bits per heavy atom. The maximum Gasteiger partial charge on any atom is 0.298 e. The molecule has 0 bridgehead atoms. The summed E-state index contributed by atoms with van der Waals surface area (Å²) in [5, 5.41) is 5.14. The molecule has 122 valence electrons. The van der Waals surface area contributed by atoms with Crippen molar-refractivity contribution in [1.29, 1.82) is 0 Å². The molecule has 1 N–H and O–H groups in total. The first-order chi connectivity index (χ1) is 12.3. The van der Waals surface area contributed by atoms with E-state index in [2.05, 4.69) is 15.1 Å². The minimum atomic E-state index is -0.252. The van der Waals surface area contributed by atoms with Crippen LogP contribution in [-0.2, 0) is 0 Å². The van der Waals surface area contributed by atoms with E-state index in [4.69, 9.17) is 9.47 Å². The van der Waals surface area contributed by atoms with Crippen LogP contribution in [0.5, 0.6) is 11.5 Å². The number of nitrogens with zero attached hydrogens (tertiary/aromatic N) is 3. The monoisotopic (exact) mass is 332 g/mol.